The van der Waals surface area contributed by atoms with Crippen molar-refractivity contribution in [1.82, 2.24) is 4.90 Å². The van der Waals surface area contributed by atoms with Gasteiger partial charge in [0.2, 0.25) is 5.91 Å². The minimum atomic E-state index is 0.106. The first-order valence-electron chi connectivity index (χ1n) is 9.42. The lowest BCUT2D eigenvalue weighted by molar-refractivity contribution is -0.117. The van der Waals surface area contributed by atoms with E-state index in [4.69, 9.17) is 0 Å². The zero-order valence-corrected chi connectivity index (χ0v) is 14.2. The lowest BCUT2D eigenvalue weighted by Gasteiger charge is -2.41. The van der Waals surface area contributed by atoms with E-state index in [9.17, 15) is 9.59 Å². The van der Waals surface area contributed by atoms with Gasteiger partial charge in [-0.1, -0.05) is 31.4 Å². The molecule has 0 aromatic heterocycles. The highest BCUT2D eigenvalue weighted by atomic mass is 16.2. The zero-order valence-electron chi connectivity index (χ0n) is 14.2. The number of hydrogen-bond acceptors (Lipinski definition) is 2. The number of rotatable bonds is 2. The van der Waals surface area contributed by atoms with Crippen LogP contribution in [0.2, 0.25) is 0 Å². The Labute approximate surface area is 143 Å². The van der Waals surface area contributed by atoms with Crippen LogP contribution in [0.1, 0.15) is 55.3 Å². The van der Waals surface area contributed by atoms with Gasteiger partial charge in [-0.15, -0.1) is 0 Å². The Morgan fingerprint density at radius 2 is 1.75 bits per heavy atom. The molecule has 2 saturated heterocycles. The first-order valence-corrected chi connectivity index (χ1v) is 9.42. The van der Waals surface area contributed by atoms with Gasteiger partial charge in [0.15, 0.2) is 0 Å². The van der Waals surface area contributed by atoms with Crippen LogP contribution in [0.5, 0.6) is 0 Å². The second-order valence-corrected chi connectivity index (χ2v) is 7.51. The van der Waals surface area contributed by atoms with E-state index in [1.807, 2.05) is 29.2 Å². The number of piperidine rings is 1. The molecule has 1 aliphatic carbocycles. The molecule has 0 radical (unpaired) electrons. The summed E-state index contributed by atoms with van der Waals surface area (Å²) in [6.07, 6.45) is 7.88. The van der Waals surface area contributed by atoms with Gasteiger partial charge in [-0.2, -0.15) is 0 Å². The number of benzene rings is 1. The molecule has 1 aromatic rings. The molecule has 0 unspecified atom stereocenters. The lowest BCUT2D eigenvalue weighted by Crippen LogP contribution is -2.45. The maximum Gasteiger partial charge on any atom is 0.255 e. The molecule has 0 spiro atoms. The lowest BCUT2D eigenvalue weighted by atomic mass is 9.75. The number of fused-ring (bicyclic) bond motifs is 1. The van der Waals surface area contributed by atoms with Crippen LogP contribution in [0.25, 0.3) is 0 Å². The average Bonchev–Trinajstić information content (AvgIpc) is 3.06. The van der Waals surface area contributed by atoms with Gasteiger partial charge in [0.1, 0.15) is 0 Å². The Kier molecular flexibility index (Phi) is 4.30. The standard InChI is InChI=1S/C20H26N2O2/c23-19-10-5-12-22(19)18-9-4-3-8-17(18)20(24)21-13-11-15-6-1-2-7-16(15)14-21/h3-4,8-9,15-16H,1-2,5-7,10-14H2/t15-,16-/m1/s1. The third-order valence-electron chi connectivity index (χ3n) is 6.08. The van der Waals surface area contributed by atoms with E-state index in [2.05, 4.69) is 0 Å². The van der Waals surface area contributed by atoms with E-state index < -0.39 is 0 Å². The molecule has 0 N–H and O–H groups in total. The Hall–Kier alpha value is -1.84. The fraction of sp³-hybridized carbons (Fsp3) is 0.600. The van der Waals surface area contributed by atoms with Crippen molar-refractivity contribution in [2.24, 2.45) is 11.8 Å². The summed E-state index contributed by atoms with van der Waals surface area (Å²) in [6, 6.07) is 7.63. The Morgan fingerprint density at radius 3 is 2.54 bits per heavy atom. The van der Waals surface area contributed by atoms with Gasteiger partial charge in [-0.05, 0) is 43.2 Å². The number of carbonyl (C=O) groups excluding carboxylic acids is 2. The van der Waals surface area contributed by atoms with E-state index in [1.165, 1.54) is 25.7 Å². The smallest absolute Gasteiger partial charge is 0.255 e. The number of carbonyl (C=O) groups is 2. The molecular weight excluding hydrogens is 300 g/mol. The second kappa shape index (κ2) is 6.58. The summed E-state index contributed by atoms with van der Waals surface area (Å²) in [5.74, 6) is 1.74. The summed E-state index contributed by atoms with van der Waals surface area (Å²) in [5.41, 5.74) is 1.50. The van der Waals surface area contributed by atoms with E-state index >= 15 is 0 Å². The van der Waals surface area contributed by atoms with Gasteiger partial charge in [0.25, 0.3) is 5.91 Å². The number of hydrogen-bond donors (Lipinski definition) is 0. The number of likely N-dealkylation sites (tertiary alicyclic amines) is 1. The fourth-order valence-electron chi connectivity index (χ4n) is 4.75. The third-order valence-corrected chi connectivity index (χ3v) is 6.08. The molecule has 2 aliphatic heterocycles. The quantitative estimate of drug-likeness (QED) is 0.835. The molecule has 24 heavy (non-hydrogen) atoms. The van der Waals surface area contributed by atoms with Crippen LogP contribution in [-0.2, 0) is 4.79 Å². The minimum Gasteiger partial charge on any atom is -0.338 e. The maximum absolute atomic E-state index is 13.1. The van der Waals surface area contributed by atoms with Crippen LogP contribution in [0.4, 0.5) is 5.69 Å². The maximum atomic E-state index is 13.1. The minimum absolute atomic E-state index is 0.106. The van der Waals surface area contributed by atoms with Crippen molar-refractivity contribution in [1.29, 1.82) is 0 Å². The van der Waals surface area contributed by atoms with Crippen LogP contribution in [0.15, 0.2) is 24.3 Å². The Bertz CT molecular complexity index is 642. The van der Waals surface area contributed by atoms with E-state index in [0.717, 1.165) is 44.1 Å². The molecule has 4 rings (SSSR count). The van der Waals surface area contributed by atoms with Gasteiger partial charge in [0, 0.05) is 26.1 Å². The van der Waals surface area contributed by atoms with Crippen LogP contribution >= 0.6 is 0 Å². The molecule has 4 nitrogen and oxygen atoms in total. The summed E-state index contributed by atoms with van der Waals surface area (Å²) >= 11 is 0. The predicted octanol–water partition coefficient (Wildman–Crippen LogP) is 3.47. The molecule has 128 valence electrons. The van der Waals surface area contributed by atoms with Crippen LogP contribution in [0.3, 0.4) is 0 Å². The van der Waals surface area contributed by atoms with Gasteiger partial charge in [0.05, 0.1) is 11.3 Å². The molecule has 3 fully saturated rings. The molecule has 1 saturated carbocycles. The normalized spacial score (nSPS) is 27.2. The Balaban J connectivity index is 1.55. The molecular formula is C20H26N2O2. The van der Waals surface area contributed by atoms with E-state index in [-0.39, 0.29) is 11.8 Å². The molecule has 3 aliphatic rings. The van der Waals surface area contributed by atoms with Crippen molar-refractivity contribution in [3.63, 3.8) is 0 Å². The van der Waals surface area contributed by atoms with Crippen LogP contribution in [0, 0.1) is 11.8 Å². The van der Waals surface area contributed by atoms with Crippen molar-refractivity contribution < 1.29 is 9.59 Å². The number of nitrogens with zero attached hydrogens (tertiary/aromatic N) is 2. The molecule has 2 heterocycles. The number of amides is 2. The first kappa shape index (κ1) is 15.7. The molecule has 2 atom stereocenters. The summed E-state index contributed by atoms with van der Waals surface area (Å²) < 4.78 is 0. The van der Waals surface area contributed by atoms with Crippen molar-refractivity contribution in [3.8, 4) is 0 Å². The first-order chi connectivity index (χ1) is 11.7. The van der Waals surface area contributed by atoms with Crippen molar-refractivity contribution >= 4 is 17.5 Å². The van der Waals surface area contributed by atoms with Gasteiger partial charge < -0.3 is 9.80 Å². The highest BCUT2D eigenvalue weighted by Gasteiger charge is 2.34. The highest BCUT2D eigenvalue weighted by molar-refractivity contribution is 6.05. The van der Waals surface area contributed by atoms with Crippen LogP contribution < -0.4 is 4.90 Å². The van der Waals surface area contributed by atoms with Crippen molar-refractivity contribution in [2.45, 2.75) is 44.9 Å². The van der Waals surface area contributed by atoms with Gasteiger partial charge in [-0.3, -0.25) is 9.59 Å². The van der Waals surface area contributed by atoms with Crippen molar-refractivity contribution in [3.05, 3.63) is 29.8 Å². The van der Waals surface area contributed by atoms with Crippen LogP contribution in [-0.4, -0.2) is 36.3 Å². The third kappa shape index (κ3) is 2.83. The van der Waals surface area contributed by atoms with Gasteiger partial charge in [-0.25, -0.2) is 0 Å². The van der Waals surface area contributed by atoms with Crippen molar-refractivity contribution in [2.75, 3.05) is 24.5 Å². The predicted molar refractivity (Wildman–Crippen MR) is 94.0 cm³/mol. The SMILES string of the molecule is O=C(c1ccccc1N1CCCC1=O)N1CC[C@H]2CCCC[C@@H]2C1. The molecule has 4 heteroatoms. The largest absolute Gasteiger partial charge is 0.338 e. The monoisotopic (exact) mass is 326 g/mol. The Morgan fingerprint density at radius 1 is 0.958 bits per heavy atom. The average molecular weight is 326 g/mol. The summed E-state index contributed by atoms with van der Waals surface area (Å²) in [5, 5.41) is 0. The molecule has 0 bridgehead atoms. The number of para-hydroxylation sites is 1. The van der Waals surface area contributed by atoms with Gasteiger partial charge >= 0.3 is 0 Å². The topological polar surface area (TPSA) is 40.6 Å². The number of anilines is 1. The summed E-state index contributed by atoms with van der Waals surface area (Å²) in [4.78, 5) is 29.1. The molecule has 2 amide bonds. The fourth-order valence-corrected chi connectivity index (χ4v) is 4.75. The van der Waals surface area contributed by atoms with E-state index in [1.54, 1.807) is 4.90 Å². The second-order valence-electron chi connectivity index (χ2n) is 7.51. The summed E-state index contributed by atoms with van der Waals surface area (Å²) in [7, 11) is 0. The summed E-state index contributed by atoms with van der Waals surface area (Å²) in [6.45, 7) is 2.49. The molecule has 1 aromatic carbocycles. The highest BCUT2D eigenvalue weighted by Crippen LogP contribution is 2.37. The van der Waals surface area contributed by atoms with E-state index in [0.29, 0.717) is 17.9 Å². The zero-order chi connectivity index (χ0) is 16.5.